The first kappa shape index (κ1) is 14.7. The quantitative estimate of drug-likeness (QED) is 0.790. The van der Waals surface area contributed by atoms with Crippen LogP contribution in [0.15, 0.2) is 18.2 Å². The van der Waals surface area contributed by atoms with Crippen LogP contribution in [0.1, 0.15) is 50.5 Å². The summed E-state index contributed by atoms with van der Waals surface area (Å²) in [5.74, 6) is 0.144. The Morgan fingerprint density at radius 2 is 1.76 bits per heavy atom. The lowest BCUT2D eigenvalue weighted by atomic mass is 9.66. The maximum Gasteiger partial charge on any atom is 0.159 e. The molecule has 3 atom stereocenters. The monoisotopic (exact) mass is 292 g/mol. The molecular weight excluding hydrogens is 270 g/mol. The Labute approximate surface area is 124 Å². The molecule has 2 aliphatic carbocycles. The average Bonchev–Trinajstić information content (AvgIpc) is 2.50. The number of ketones is 1. The Kier molecular flexibility index (Phi) is 4.37. The Bertz CT molecular complexity index is 526. The fraction of sp³-hybridized carbons (Fsp3) is 0.611. The normalized spacial score (nSPS) is 29.0. The van der Waals surface area contributed by atoms with Crippen LogP contribution in [0.2, 0.25) is 0 Å². The number of carbonyl (C=O) groups excluding carboxylic acids is 1. The number of halogens is 2. The van der Waals surface area contributed by atoms with Gasteiger partial charge >= 0.3 is 0 Å². The Morgan fingerprint density at radius 3 is 2.52 bits per heavy atom. The van der Waals surface area contributed by atoms with Gasteiger partial charge in [0.2, 0.25) is 0 Å². The first-order chi connectivity index (χ1) is 10.1. The molecule has 2 saturated carbocycles. The highest BCUT2D eigenvalue weighted by Crippen LogP contribution is 2.43. The van der Waals surface area contributed by atoms with Crippen LogP contribution in [0.4, 0.5) is 8.78 Å². The van der Waals surface area contributed by atoms with Gasteiger partial charge in [-0.25, -0.2) is 8.78 Å². The average molecular weight is 292 g/mol. The first-order valence-electron chi connectivity index (χ1n) is 8.10. The number of carbonyl (C=O) groups is 1. The van der Waals surface area contributed by atoms with Crippen LogP contribution < -0.4 is 0 Å². The molecule has 114 valence electrons. The minimum absolute atomic E-state index is 0.123. The van der Waals surface area contributed by atoms with Gasteiger partial charge in [0.15, 0.2) is 11.6 Å². The molecule has 3 rings (SSSR count). The van der Waals surface area contributed by atoms with Gasteiger partial charge in [-0.3, -0.25) is 4.79 Å². The molecule has 0 radical (unpaired) electrons. The highest BCUT2D eigenvalue weighted by molar-refractivity contribution is 5.83. The van der Waals surface area contributed by atoms with Crippen LogP contribution in [0.25, 0.3) is 0 Å². The van der Waals surface area contributed by atoms with E-state index in [-0.39, 0.29) is 18.1 Å². The first-order valence-corrected chi connectivity index (χ1v) is 8.10. The summed E-state index contributed by atoms with van der Waals surface area (Å²) in [7, 11) is 0. The van der Waals surface area contributed by atoms with Gasteiger partial charge in [0.25, 0.3) is 0 Å². The molecule has 0 N–H and O–H groups in total. The van der Waals surface area contributed by atoms with E-state index >= 15 is 0 Å². The molecule has 1 aromatic carbocycles. The van der Waals surface area contributed by atoms with Crippen LogP contribution in [0.3, 0.4) is 0 Å². The molecule has 2 fully saturated rings. The molecule has 1 nitrogen and oxygen atoms in total. The molecule has 3 heteroatoms. The fourth-order valence-electron chi connectivity index (χ4n) is 4.16. The summed E-state index contributed by atoms with van der Waals surface area (Å²) in [5, 5.41) is 0. The van der Waals surface area contributed by atoms with Crippen molar-refractivity contribution in [1.82, 2.24) is 0 Å². The second kappa shape index (κ2) is 6.25. The van der Waals surface area contributed by atoms with Crippen molar-refractivity contribution in [1.29, 1.82) is 0 Å². The molecule has 0 amide bonds. The molecule has 0 heterocycles. The molecule has 1 aromatic rings. The Hall–Kier alpha value is -1.25. The SMILES string of the molecule is O=C(Cc1ccc(F)c(F)c1)C1CCC2CCCCC2C1. The predicted octanol–water partition coefficient (Wildman–Crippen LogP) is 4.68. The molecule has 2 aliphatic rings. The smallest absolute Gasteiger partial charge is 0.159 e. The van der Waals surface area contributed by atoms with Gasteiger partial charge < -0.3 is 0 Å². The maximum absolute atomic E-state index is 13.2. The van der Waals surface area contributed by atoms with Crippen molar-refractivity contribution >= 4 is 5.78 Å². The highest BCUT2D eigenvalue weighted by atomic mass is 19.2. The third kappa shape index (κ3) is 3.33. The summed E-state index contributed by atoms with van der Waals surface area (Å²) in [5.41, 5.74) is 0.588. The third-order valence-electron chi connectivity index (χ3n) is 5.36. The van der Waals surface area contributed by atoms with E-state index in [1.165, 1.54) is 38.2 Å². The van der Waals surface area contributed by atoms with Gasteiger partial charge in [0.05, 0.1) is 0 Å². The Balaban J connectivity index is 1.61. The minimum Gasteiger partial charge on any atom is -0.299 e. The molecule has 3 unspecified atom stereocenters. The van der Waals surface area contributed by atoms with Crippen molar-refractivity contribution in [2.45, 2.75) is 51.4 Å². The lowest BCUT2D eigenvalue weighted by Gasteiger charge is -2.38. The summed E-state index contributed by atoms with van der Waals surface area (Å²) >= 11 is 0. The number of Topliss-reactive ketones (excluding diaryl/α,β-unsaturated/α-hetero) is 1. The number of fused-ring (bicyclic) bond motifs is 1. The molecule has 0 aromatic heterocycles. The zero-order valence-corrected chi connectivity index (χ0v) is 12.3. The summed E-state index contributed by atoms with van der Waals surface area (Å²) in [4.78, 5) is 12.4. The van der Waals surface area contributed by atoms with Gasteiger partial charge in [-0.1, -0.05) is 31.7 Å². The predicted molar refractivity (Wildman–Crippen MR) is 77.9 cm³/mol. The minimum atomic E-state index is -0.865. The molecule has 21 heavy (non-hydrogen) atoms. The molecular formula is C18H22F2O. The van der Waals surface area contributed by atoms with Crippen molar-refractivity contribution in [3.05, 3.63) is 35.4 Å². The zero-order valence-electron chi connectivity index (χ0n) is 12.3. The molecule has 0 aliphatic heterocycles. The van der Waals surface area contributed by atoms with Gasteiger partial charge in [-0.2, -0.15) is 0 Å². The molecule has 0 saturated heterocycles. The van der Waals surface area contributed by atoms with E-state index in [0.29, 0.717) is 11.5 Å². The van der Waals surface area contributed by atoms with Crippen molar-refractivity contribution in [2.24, 2.45) is 17.8 Å². The van der Waals surface area contributed by atoms with Crippen LogP contribution in [-0.2, 0) is 11.2 Å². The van der Waals surface area contributed by atoms with Crippen molar-refractivity contribution in [3.63, 3.8) is 0 Å². The van der Waals surface area contributed by atoms with E-state index in [1.54, 1.807) is 0 Å². The number of rotatable bonds is 3. The van der Waals surface area contributed by atoms with E-state index in [2.05, 4.69) is 0 Å². The van der Waals surface area contributed by atoms with Gasteiger partial charge in [0.1, 0.15) is 5.78 Å². The van der Waals surface area contributed by atoms with Crippen LogP contribution in [-0.4, -0.2) is 5.78 Å². The van der Waals surface area contributed by atoms with Gasteiger partial charge in [0, 0.05) is 12.3 Å². The number of hydrogen-bond acceptors (Lipinski definition) is 1. The summed E-state index contributed by atoms with van der Waals surface area (Å²) in [6.07, 6.45) is 8.61. The second-order valence-electron chi connectivity index (χ2n) is 6.71. The largest absolute Gasteiger partial charge is 0.299 e. The van der Waals surface area contributed by atoms with Crippen molar-refractivity contribution in [2.75, 3.05) is 0 Å². The van der Waals surface area contributed by atoms with E-state index in [4.69, 9.17) is 0 Å². The third-order valence-corrected chi connectivity index (χ3v) is 5.36. The lowest BCUT2D eigenvalue weighted by molar-refractivity contribution is -0.124. The van der Waals surface area contributed by atoms with Gasteiger partial charge in [-0.05, 0) is 48.8 Å². The van der Waals surface area contributed by atoms with Gasteiger partial charge in [-0.15, -0.1) is 0 Å². The molecule has 0 spiro atoms. The maximum atomic E-state index is 13.2. The van der Waals surface area contributed by atoms with E-state index in [1.807, 2.05) is 0 Å². The second-order valence-corrected chi connectivity index (χ2v) is 6.71. The summed E-state index contributed by atoms with van der Waals surface area (Å²) in [6, 6.07) is 3.78. The van der Waals surface area contributed by atoms with Crippen molar-refractivity contribution in [3.8, 4) is 0 Å². The topological polar surface area (TPSA) is 17.1 Å². The van der Waals surface area contributed by atoms with Crippen LogP contribution >= 0.6 is 0 Å². The van der Waals surface area contributed by atoms with E-state index in [0.717, 1.165) is 30.9 Å². The summed E-state index contributed by atoms with van der Waals surface area (Å²) < 4.78 is 26.1. The zero-order chi connectivity index (χ0) is 14.8. The Morgan fingerprint density at radius 1 is 1.00 bits per heavy atom. The standard InChI is InChI=1S/C18H22F2O/c19-16-8-5-12(9-17(16)20)10-18(21)15-7-6-13-3-1-2-4-14(13)11-15/h5,8-9,13-15H,1-4,6-7,10-11H2. The van der Waals surface area contributed by atoms with Crippen LogP contribution in [0.5, 0.6) is 0 Å². The fourth-order valence-corrected chi connectivity index (χ4v) is 4.16. The number of hydrogen-bond donors (Lipinski definition) is 0. The number of benzene rings is 1. The van der Waals surface area contributed by atoms with E-state index in [9.17, 15) is 13.6 Å². The lowest BCUT2D eigenvalue weighted by Crippen LogP contribution is -2.31. The van der Waals surface area contributed by atoms with E-state index < -0.39 is 11.6 Å². The van der Waals surface area contributed by atoms with Crippen molar-refractivity contribution < 1.29 is 13.6 Å². The highest BCUT2D eigenvalue weighted by Gasteiger charge is 2.34. The summed E-state index contributed by atoms with van der Waals surface area (Å²) in [6.45, 7) is 0. The van der Waals surface area contributed by atoms with Crippen LogP contribution in [0, 0.1) is 29.4 Å². The molecule has 0 bridgehead atoms.